The Morgan fingerprint density at radius 2 is 2.19 bits per heavy atom. The van der Waals surface area contributed by atoms with E-state index < -0.39 is 22.4 Å². The van der Waals surface area contributed by atoms with Gasteiger partial charge in [0, 0.05) is 17.9 Å². The molecule has 88 valence electrons. The molecule has 5 heteroatoms. The van der Waals surface area contributed by atoms with Crippen LogP contribution in [0.4, 0.5) is 8.78 Å². The van der Waals surface area contributed by atoms with E-state index in [0.29, 0.717) is 11.3 Å². The number of benzene rings is 1. The molecule has 1 N–H and O–H groups in total. The molecule has 2 atom stereocenters. The van der Waals surface area contributed by atoms with Crippen molar-refractivity contribution in [2.24, 2.45) is 0 Å². The monoisotopic (exact) mass is 245 g/mol. The average Bonchev–Trinajstić information content (AvgIpc) is 2.37. The first-order valence-corrected chi connectivity index (χ1v) is 6.50. The number of hydrogen-bond donors (Lipinski definition) is 1. The lowest BCUT2D eigenvalue weighted by Gasteiger charge is -2.16. The predicted octanol–water partition coefficient (Wildman–Crippen LogP) is 2.13. The standard InChI is InChI=1S/C11H13F2NOS/c1-14-10-3-2-4-16(15)11-8(10)5-7(12)6-9(11)13/h5-6,10,14H,2-4H2,1H3. The van der Waals surface area contributed by atoms with Crippen molar-refractivity contribution in [3.05, 3.63) is 29.3 Å². The van der Waals surface area contributed by atoms with Crippen molar-refractivity contribution in [1.82, 2.24) is 5.32 Å². The summed E-state index contributed by atoms with van der Waals surface area (Å²) in [5, 5.41) is 3.01. The molecule has 0 saturated heterocycles. The Morgan fingerprint density at radius 1 is 1.44 bits per heavy atom. The molecule has 1 aromatic rings. The zero-order valence-electron chi connectivity index (χ0n) is 8.93. The van der Waals surface area contributed by atoms with Gasteiger partial charge in [0.1, 0.15) is 11.6 Å². The Balaban J connectivity index is 2.61. The van der Waals surface area contributed by atoms with Crippen LogP contribution < -0.4 is 5.32 Å². The van der Waals surface area contributed by atoms with Gasteiger partial charge in [-0.3, -0.25) is 4.21 Å². The molecule has 1 aromatic carbocycles. The van der Waals surface area contributed by atoms with Crippen LogP contribution in [0.15, 0.2) is 17.0 Å². The lowest BCUT2D eigenvalue weighted by atomic mass is 10.0. The minimum Gasteiger partial charge on any atom is -0.313 e. The molecular formula is C11H13F2NOS. The summed E-state index contributed by atoms with van der Waals surface area (Å²) in [6, 6.07) is 1.96. The van der Waals surface area contributed by atoms with Crippen molar-refractivity contribution in [2.45, 2.75) is 23.8 Å². The van der Waals surface area contributed by atoms with E-state index in [-0.39, 0.29) is 10.9 Å². The molecule has 16 heavy (non-hydrogen) atoms. The number of fused-ring (bicyclic) bond motifs is 1. The van der Waals surface area contributed by atoms with Gasteiger partial charge in [-0.15, -0.1) is 0 Å². The first-order valence-electron chi connectivity index (χ1n) is 5.18. The van der Waals surface area contributed by atoms with Gasteiger partial charge in [0.15, 0.2) is 0 Å². The van der Waals surface area contributed by atoms with Gasteiger partial charge in [-0.05, 0) is 31.5 Å². The topological polar surface area (TPSA) is 29.1 Å². The molecule has 0 aliphatic carbocycles. The molecule has 2 unspecified atom stereocenters. The van der Waals surface area contributed by atoms with Gasteiger partial charge in [0.25, 0.3) is 0 Å². The van der Waals surface area contributed by atoms with Crippen molar-refractivity contribution < 1.29 is 13.0 Å². The van der Waals surface area contributed by atoms with Gasteiger partial charge in [0.05, 0.1) is 15.7 Å². The zero-order chi connectivity index (χ0) is 11.7. The molecule has 0 spiro atoms. The summed E-state index contributed by atoms with van der Waals surface area (Å²) < 4.78 is 38.6. The number of halogens is 2. The van der Waals surface area contributed by atoms with Gasteiger partial charge in [-0.1, -0.05) is 0 Å². The average molecular weight is 245 g/mol. The number of hydrogen-bond acceptors (Lipinski definition) is 2. The Morgan fingerprint density at radius 3 is 2.88 bits per heavy atom. The minimum atomic E-state index is -1.36. The second kappa shape index (κ2) is 4.59. The molecular weight excluding hydrogens is 232 g/mol. The van der Waals surface area contributed by atoms with Crippen LogP contribution in [0, 0.1) is 11.6 Å². The van der Waals surface area contributed by atoms with Gasteiger partial charge in [0.2, 0.25) is 0 Å². The third kappa shape index (κ3) is 2.01. The van der Waals surface area contributed by atoms with E-state index in [1.54, 1.807) is 7.05 Å². The quantitative estimate of drug-likeness (QED) is 0.821. The minimum absolute atomic E-state index is 0.119. The maximum absolute atomic E-state index is 13.6. The first kappa shape index (κ1) is 11.7. The van der Waals surface area contributed by atoms with E-state index in [2.05, 4.69) is 5.32 Å². The van der Waals surface area contributed by atoms with Crippen molar-refractivity contribution in [1.29, 1.82) is 0 Å². The smallest absolute Gasteiger partial charge is 0.142 e. The maximum atomic E-state index is 13.6. The highest BCUT2D eigenvalue weighted by Gasteiger charge is 2.25. The summed E-state index contributed by atoms with van der Waals surface area (Å²) in [7, 11) is 0.385. The lowest BCUT2D eigenvalue weighted by molar-refractivity contribution is 0.512. The van der Waals surface area contributed by atoms with Crippen LogP contribution in [0.2, 0.25) is 0 Å². The first-order chi connectivity index (χ1) is 7.63. The molecule has 1 heterocycles. The zero-order valence-corrected chi connectivity index (χ0v) is 9.74. The van der Waals surface area contributed by atoms with Gasteiger partial charge in [-0.25, -0.2) is 8.78 Å². The Hall–Kier alpha value is -0.810. The van der Waals surface area contributed by atoms with Crippen LogP contribution in [0.1, 0.15) is 24.4 Å². The second-order valence-corrected chi connectivity index (χ2v) is 5.35. The summed E-state index contributed by atoms with van der Waals surface area (Å²) in [5.41, 5.74) is 0.496. The van der Waals surface area contributed by atoms with Crippen LogP contribution in [0.25, 0.3) is 0 Å². The predicted molar refractivity (Wildman–Crippen MR) is 58.7 cm³/mol. The molecule has 1 aliphatic heterocycles. The van der Waals surface area contributed by atoms with Crippen LogP contribution >= 0.6 is 0 Å². The van der Waals surface area contributed by atoms with Crippen molar-refractivity contribution in [3.8, 4) is 0 Å². The molecule has 2 nitrogen and oxygen atoms in total. The third-order valence-corrected chi connectivity index (χ3v) is 4.36. The van der Waals surface area contributed by atoms with Crippen LogP contribution in [-0.4, -0.2) is 17.0 Å². The lowest BCUT2D eigenvalue weighted by Crippen LogP contribution is -2.17. The highest BCUT2D eigenvalue weighted by atomic mass is 32.2. The van der Waals surface area contributed by atoms with Gasteiger partial charge in [-0.2, -0.15) is 0 Å². The fourth-order valence-corrected chi connectivity index (χ4v) is 3.43. The summed E-state index contributed by atoms with van der Waals surface area (Å²) in [6.45, 7) is 0. The van der Waals surface area contributed by atoms with Crippen molar-refractivity contribution >= 4 is 10.8 Å². The van der Waals surface area contributed by atoms with E-state index in [1.807, 2.05) is 0 Å². The number of rotatable bonds is 1. The van der Waals surface area contributed by atoms with Crippen LogP contribution in [-0.2, 0) is 10.8 Å². The van der Waals surface area contributed by atoms with Gasteiger partial charge < -0.3 is 5.32 Å². The molecule has 0 saturated carbocycles. The normalized spacial score (nSPS) is 24.9. The summed E-state index contributed by atoms with van der Waals surface area (Å²) >= 11 is 0. The molecule has 0 aromatic heterocycles. The van der Waals surface area contributed by atoms with Crippen molar-refractivity contribution in [3.63, 3.8) is 0 Å². The summed E-state index contributed by atoms with van der Waals surface area (Å²) in [5.74, 6) is -0.876. The Labute approximate surface area is 95.5 Å². The van der Waals surface area contributed by atoms with Crippen LogP contribution in [0.5, 0.6) is 0 Å². The molecule has 2 rings (SSSR count). The maximum Gasteiger partial charge on any atom is 0.142 e. The van der Waals surface area contributed by atoms with E-state index in [1.165, 1.54) is 6.07 Å². The van der Waals surface area contributed by atoms with E-state index in [4.69, 9.17) is 0 Å². The molecule has 0 amide bonds. The second-order valence-electron chi connectivity index (χ2n) is 3.84. The fourth-order valence-electron chi connectivity index (χ4n) is 2.06. The Bertz CT molecular complexity index is 436. The Kier molecular flexibility index (Phi) is 3.35. The third-order valence-electron chi connectivity index (χ3n) is 2.81. The van der Waals surface area contributed by atoms with E-state index in [0.717, 1.165) is 18.9 Å². The summed E-state index contributed by atoms with van der Waals surface area (Å²) in [6.07, 6.45) is 1.49. The fraction of sp³-hybridized carbons (Fsp3) is 0.455. The molecule has 0 fully saturated rings. The summed E-state index contributed by atoms with van der Waals surface area (Å²) in [4.78, 5) is 0.165. The van der Waals surface area contributed by atoms with Crippen molar-refractivity contribution in [2.75, 3.05) is 12.8 Å². The van der Waals surface area contributed by atoms with E-state index >= 15 is 0 Å². The molecule has 1 aliphatic rings. The van der Waals surface area contributed by atoms with E-state index in [9.17, 15) is 13.0 Å². The SMILES string of the molecule is CNC1CCCS(=O)c2c(F)cc(F)cc21. The molecule has 0 bridgehead atoms. The highest BCUT2D eigenvalue weighted by molar-refractivity contribution is 7.85. The van der Waals surface area contributed by atoms with Gasteiger partial charge >= 0.3 is 0 Å². The van der Waals surface area contributed by atoms with Crippen LogP contribution in [0.3, 0.4) is 0 Å². The number of nitrogens with one attached hydrogen (secondary N) is 1. The highest BCUT2D eigenvalue weighted by Crippen LogP contribution is 2.31. The largest absolute Gasteiger partial charge is 0.313 e. The molecule has 0 radical (unpaired) electrons.